The molecule has 0 fully saturated rings. The average Bonchev–Trinajstić information content (AvgIpc) is 3.13. The van der Waals surface area contributed by atoms with Crippen molar-refractivity contribution < 1.29 is 23.4 Å². The van der Waals surface area contributed by atoms with Crippen molar-refractivity contribution in [2.24, 2.45) is 0 Å². The standard InChI is InChI=1S/C18H17F3N4O2/c19-18(20,21)14-7-5-12(6-8-14)9-13-3-1-2-4-16(13)17-22-24-25(23-17)15(10-26)11-27/h1-8,15,26-27H,9-11H2. The van der Waals surface area contributed by atoms with Crippen LogP contribution in [0.3, 0.4) is 0 Å². The highest BCUT2D eigenvalue weighted by Gasteiger charge is 2.29. The van der Waals surface area contributed by atoms with Crippen molar-refractivity contribution in [2.45, 2.75) is 18.6 Å². The van der Waals surface area contributed by atoms with Crippen LogP contribution in [0.25, 0.3) is 11.4 Å². The lowest BCUT2D eigenvalue weighted by atomic mass is 9.98. The van der Waals surface area contributed by atoms with Crippen LogP contribution in [0.5, 0.6) is 0 Å². The van der Waals surface area contributed by atoms with Gasteiger partial charge in [0.15, 0.2) is 0 Å². The first-order valence-corrected chi connectivity index (χ1v) is 8.18. The lowest BCUT2D eigenvalue weighted by Crippen LogP contribution is -2.19. The van der Waals surface area contributed by atoms with E-state index in [0.29, 0.717) is 23.4 Å². The predicted molar refractivity (Wildman–Crippen MR) is 90.7 cm³/mol. The largest absolute Gasteiger partial charge is 0.416 e. The van der Waals surface area contributed by atoms with Crippen molar-refractivity contribution in [3.8, 4) is 11.4 Å². The first-order valence-electron chi connectivity index (χ1n) is 8.18. The Morgan fingerprint density at radius 3 is 2.26 bits per heavy atom. The van der Waals surface area contributed by atoms with Gasteiger partial charge in [-0.1, -0.05) is 36.4 Å². The van der Waals surface area contributed by atoms with Crippen molar-refractivity contribution in [3.05, 3.63) is 65.2 Å². The first-order chi connectivity index (χ1) is 12.9. The highest BCUT2D eigenvalue weighted by Crippen LogP contribution is 2.30. The molecule has 0 aliphatic rings. The molecule has 3 aromatic rings. The van der Waals surface area contributed by atoms with E-state index in [1.165, 1.54) is 12.1 Å². The smallest absolute Gasteiger partial charge is 0.394 e. The van der Waals surface area contributed by atoms with Crippen LogP contribution in [-0.2, 0) is 12.6 Å². The number of nitrogens with zero attached hydrogens (tertiary/aromatic N) is 4. The summed E-state index contributed by atoms with van der Waals surface area (Å²) in [5.74, 6) is 0.310. The number of aliphatic hydroxyl groups is 2. The molecule has 1 aromatic heterocycles. The third-order valence-electron chi connectivity index (χ3n) is 4.11. The molecule has 0 aliphatic carbocycles. The summed E-state index contributed by atoms with van der Waals surface area (Å²) in [5.41, 5.74) is 1.52. The molecular formula is C18H17F3N4O2. The molecule has 6 nitrogen and oxygen atoms in total. The quantitative estimate of drug-likeness (QED) is 0.689. The maximum atomic E-state index is 12.7. The number of rotatable bonds is 6. The molecule has 1 heterocycles. The van der Waals surface area contributed by atoms with Gasteiger partial charge in [0.2, 0.25) is 5.82 Å². The van der Waals surface area contributed by atoms with Crippen molar-refractivity contribution in [3.63, 3.8) is 0 Å². The van der Waals surface area contributed by atoms with Gasteiger partial charge in [-0.2, -0.15) is 18.0 Å². The van der Waals surface area contributed by atoms with E-state index in [1.807, 2.05) is 12.1 Å². The van der Waals surface area contributed by atoms with Crippen molar-refractivity contribution in [2.75, 3.05) is 13.2 Å². The van der Waals surface area contributed by atoms with E-state index in [0.717, 1.165) is 22.5 Å². The lowest BCUT2D eigenvalue weighted by Gasteiger charge is -2.10. The van der Waals surface area contributed by atoms with Gasteiger partial charge >= 0.3 is 6.18 Å². The zero-order valence-corrected chi connectivity index (χ0v) is 14.1. The molecule has 0 atom stereocenters. The molecule has 0 spiro atoms. The Morgan fingerprint density at radius 2 is 1.63 bits per heavy atom. The zero-order chi connectivity index (χ0) is 19.4. The Bertz CT molecular complexity index is 890. The molecule has 0 bridgehead atoms. The number of hydrogen-bond donors (Lipinski definition) is 2. The van der Waals surface area contributed by atoms with Gasteiger partial charge in [-0.15, -0.1) is 10.2 Å². The fraction of sp³-hybridized carbons (Fsp3) is 0.278. The first kappa shape index (κ1) is 19.0. The zero-order valence-electron chi connectivity index (χ0n) is 14.1. The van der Waals surface area contributed by atoms with Gasteiger partial charge in [0.25, 0.3) is 0 Å². The van der Waals surface area contributed by atoms with Gasteiger partial charge in [0.05, 0.1) is 18.8 Å². The SMILES string of the molecule is OCC(CO)n1nnc(-c2ccccc2Cc2ccc(C(F)(F)F)cc2)n1. The molecule has 0 saturated heterocycles. The van der Waals surface area contributed by atoms with Crippen LogP contribution in [0.15, 0.2) is 48.5 Å². The Balaban J connectivity index is 1.86. The number of halogens is 3. The van der Waals surface area contributed by atoms with Gasteiger partial charge in [-0.05, 0) is 34.9 Å². The van der Waals surface area contributed by atoms with E-state index >= 15 is 0 Å². The Labute approximate surface area is 152 Å². The van der Waals surface area contributed by atoms with E-state index in [-0.39, 0.29) is 13.2 Å². The second-order valence-corrected chi connectivity index (χ2v) is 5.98. The summed E-state index contributed by atoms with van der Waals surface area (Å²) in [7, 11) is 0. The molecular weight excluding hydrogens is 361 g/mol. The minimum absolute atomic E-state index is 0.310. The maximum absolute atomic E-state index is 12.7. The summed E-state index contributed by atoms with van der Waals surface area (Å²) in [6.07, 6.45) is -3.97. The van der Waals surface area contributed by atoms with Crippen molar-refractivity contribution in [1.82, 2.24) is 20.2 Å². The van der Waals surface area contributed by atoms with Crippen molar-refractivity contribution >= 4 is 0 Å². The summed E-state index contributed by atoms with van der Waals surface area (Å²) >= 11 is 0. The topological polar surface area (TPSA) is 84.1 Å². The van der Waals surface area contributed by atoms with Gasteiger partial charge in [0.1, 0.15) is 6.04 Å². The molecule has 0 unspecified atom stereocenters. The average molecular weight is 378 g/mol. The fourth-order valence-electron chi connectivity index (χ4n) is 2.62. The maximum Gasteiger partial charge on any atom is 0.416 e. The molecule has 2 aromatic carbocycles. The molecule has 3 rings (SSSR count). The number of hydrogen-bond acceptors (Lipinski definition) is 5. The van der Waals surface area contributed by atoms with E-state index in [4.69, 9.17) is 0 Å². The molecule has 0 amide bonds. The highest BCUT2D eigenvalue weighted by atomic mass is 19.4. The third kappa shape index (κ3) is 4.32. The summed E-state index contributed by atoms with van der Waals surface area (Å²) in [6.45, 7) is -0.668. The summed E-state index contributed by atoms with van der Waals surface area (Å²) in [4.78, 5) is 1.14. The Hall–Kier alpha value is -2.78. The van der Waals surface area contributed by atoms with Crippen LogP contribution in [0, 0.1) is 0 Å². The summed E-state index contributed by atoms with van der Waals surface area (Å²) < 4.78 is 38.1. The van der Waals surface area contributed by atoms with E-state index in [2.05, 4.69) is 15.4 Å². The molecule has 9 heteroatoms. The van der Waals surface area contributed by atoms with Gasteiger partial charge in [-0.3, -0.25) is 0 Å². The van der Waals surface area contributed by atoms with Crippen LogP contribution >= 0.6 is 0 Å². The second-order valence-electron chi connectivity index (χ2n) is 5.98. The number of tetrazole rings is 1. The number of aromatic nitrogens is 4. The van der Waals surface area contributed by atoms with Crippen LogP contribution in [0.1, 0.15) is 22.7 Å². The molecule has 0 aliphatic heterocycles. The summed E-state index contributed by atoms with van der Waals surface area (Å²) in [6, 6.07) is 11.5. The minimum Gasteiger partial charge on any atom is -0.394 e. The lowest BCUT2D eigenvalue weighted by molar-refractivity contribution is -0.137. The number of benzene rings is 2. The van der Waals surface area contributed by atoms with E-state index < -0.39 is 17.8 Å². The Kier molecular flexibility index (Phi) is 5.52. The number of aliphatic hydroxyl groups excluding tert-OH is 2. The minimum atomic E-state index is -4.37. The second kappa shape index (κ2) is 7.85. The van der Waals surface area contributed by atoms with Crippen LogP contribution in [0.2, 0.25) is 0 Å². The monoisotopic (exact) mass is 378 g/mol. The van der Waals surface area contributed by atoms with Crippen molar-refractivity contribution in [1.29, 1.82) is 0 Å². The van der Waals surface area contributed by atoms with Gasteiger partial charge in [-0.25, -0.2) is 0 Å². The van der Waals surface area contributed by atoms with Gasteiger partial charge < -0.3 is 10.2 Å². The molecule has 0 saturated carbocycles. The highest BCUT2D eigenvalue weighted by molar-refractivity contribution is 5.60. The van der Waals surface area contributed by atoms with E-state index in [1.54, 1.807) is 12.1 Å². The van der Waals surface area contributed by atoms with Crippen LogP contribution < -0.4 is 0 Å². The van der Waals surface area contributed by atoms with Crippen LogP contribution in [-0.4, -0.2) is 43.6 Å². The molecule has 2 N–H and O–H groups in total. The van der Waals surface area contributed by atoms with Crippen LogP contribution in [0.4, 0.5) is 13.2 Å². The Morgan fingerprint density at radius 1 is 0.963 bits per heavy atom. The van der Waals surface area contributed by atoms with Gasteiger partial charge in [0, 0.05) is 5.56 Å². The number of alkyl halides is 3. The normalized spacial score (nSPS) is 11.9. The fourth-order valence-corrected chi connectivity index (χ4v) is 2.62. The summed E-state index contributed by atoms with van der Waals surface area (Å²) in [5, 5.41) is 30.5. The third-order valence-corrected chi connectivity index (χ3v) is 4.11. The predicted octanol–water partition coefficient (Wildman–Crippen LogP) is 2.48. The molecule has 142 valence electrons. The molecule has 0 radical (unpaired) electrons. The van der Waals surface area contributed by atoms with E-state index in [9.17, 15) is 23.4 Å². The molecule has 27 heavy (non-hydrogen) atoms.